The second kappa shape index (κ2) is 9.56. The van der Waals surface area contributed by atoms with E-state index in [0.29, 0.717) is 17.9 Å². The van der Waals surface area contributed by atoms with Gasteiger partial charge in [-0.05, 0) is 31.0 Å². The quantitative estimate of drug-likeness (QED) is 0.554. The molecule has 2 rings (SSSR count). The van der Waals surface area contributed by atoms with E-state index in [4.69, 9.17) is 14.2 Å². The minimum Gasteiger partial charge on any atom is -0.454 e. The van der Waals surface area contributed by atoms with Crippen LogP contribution < -0.4 is 19.5 Å². The van der Waals surface area contributed by atoms with Crippen LogP contribution in [0.1, 0.15) is 32.3 Å². The van der Waals surface area contributed by atoms with Crippen LogP contribution >= 0.6 is 0 Å². The van der Waals surface area contributed by atoms with Gasteiger partial charge in [-0.25, -0.2) is 13.1 Å². The highest BCUT2D eigenvalue weighted by molar-refractivity contribution is 7.89. The molecule has 1 aromatic carbocycles. The lowest BCUT2D eigenvalue weighted by molar-refractivity contribution is -0.149. The van der Waals surface area contributed by atoms with E-state index in [1.807, 2.05) is 6.92 Å². The number of hydrogen-bond acceptors (Lipinski definition) is 7. The summed E-state index contributed by atoms with van der Waals surface area (Å²) in [6.45, 7) is 3.14. The standard InChI is InChI=1S/C17H24N2O7S/c1-3-4-7-27(22,23)19-12(2)17(21)24-10-16(20)18-9-13-5-6-14-15(8-13)26-11-25-14/h5-6,8,12,19H,3-4,7,9-11H2,1-2H3,(H,18,20)/t12-/m0/s1. The third-order valence-corrected chi connectivity index (χ3v) is 5.29. The summed E-state index contributed by atoms with van der Waals surface area (Å²) < 4.78 is 41.1. The number of rotatable bonds is 10. The van der Waals surface area contributed by atoms with Crippen LogP contribution in [0.25, 0.3) is 0 Å². The van der Waals surface area contributed by atoms with Gasteiger partial charge in [0.05, 0.1) is 5.75 Å². The lowest BCUT2D eigenvalue weighted by atomic mass is 10.2. The summed E-state index contributed by atoms with van der Waals surface area (Å²) in [5, 5.41) is 2.61. The Labute approximate surface area is 158 Å². The summed E-state index contributed by atoms with van der Waals surface area (Å²) in [6, 6.07) is 4.22. The van der Waals surface area contributed by atoms with E-state index in [0.717, 1.165) is 12.0 Å². The van der Waals surface area contributed by atoms with Crippen molar-refractivity contribution in [1.82, 2.24) is 10.0 Å². The van der Waals surface area contributed by atoms with E-state index in [9.17, 15) is 18.0 Å². The van der Waals surface area contributed by atoms with E-state index in [1.54, 1.807) is 18.2 Å². The third-order valence-electron chi connectivity index (χ3n) is 3.75. The molecule has 0 radical (unpaired) electrons. The first kappa shape index (κ1) is 21.0. The summed E-state index contributed by atoms with van der Waals surface area (Å²) in [4.78, 5) is 23.7. The highest BCUT2D eigenvalue weighted by Crippen LogP contribution is 2.32. The number of sulfonamides is 1. The van der Waals surface area contributed by atoms with Crippen LogP contribution in [0.5, 0.6) is 11.5 Å². The van der Waals surface area contributed by atoms with Crippen LogP contribution in [-0.4, -0.2) is 45.5 Å². The molecule has 0 saturated heterocycles. The zero-order valence-corrected chi connectivity index (χ0v) is 16.1. The van der Waals surface area contributed by atoms with Gasteiger partial charge in [0.2, 0.25) is 16.8 Å². The molecule has 0 aromatic heterocycles. The summed E-state index contributed by atoms with van der Waals surface area (Å²) >= 11 is 0. The van der Waals surface area contributed by atoms with Gasteiger partial charge in [0.15, 0.2) is 18.1 Å². The molecule has 27 heavy (non-hydrogen) atoms. The topological polar surface area (TPSA) is 120 Å². The molecular formula is C17H24N2O7S. The molecular weight excluding hydrogens is 376 g/mol. The molecule has 1 aromatic rings. The number of hydrogen-bond donors (Lipinski definition) is 2. The second-order valence-electron chi connectivity index (χ2n) is 6.08. The molecule has 1 amide bonds. The molecule has 0 bridgehead atoms. The van der Waals surface area contributed by atoms with Crippen molar-refractivity contribution in [3.05, 3.63) is 23.8 Å². The molecule has 2 N–H and O–H groups in total. The Morgan fingerprint density at radius 1 is 1.26 bits per heavy atom. The van der Waals surface area contributed by atoms with Crippen LogP contribution in [0.15, 0.2) is 18.2 Å². The van der Waals surface area contributed by atoms with E-state index >= 15 is 0 Å². The first-order chi connectivity index (χ1) is 12.8. The molecule has 1 aliphatic heterocycles. The zero-order valence-electron chi connectivity index (χ0n) is 15.3. The largest absolute Gasteiger partial charge is 0.454 e. The van der Waals surface area contributed by atoms with Crippen molar-refractivity contribution in [2.45, 2.75) is 39.3 Å². The maximum absolute atomic E-state index is 11.8. The van der Waals surface area contributed by atoms with E-state index < -0.39 is 34.5 Å². The number of fused-ring (bicyclic) bond motifs is 1. The van der Waals surface area contributed by atoms with Crippen molar-refractivity contribution in [2.24, 2.45) is 0 Å². The monoisotopic (exact) mass is 400 g/mol. The molecule has 1 aliphatic rings. The number of unbranched alkanes of at least 4 members (excludes halogenated alkanes) is 1. The fourth-order valence-corrected chi connectivity index (χ4v) is 3.70. The van der Waals surface area contributed by atoms with Gasteiger partial charge in [0.25, 0.3) is 5.91 Å². The van der Waals surface area contributed by atoms with Gasteiger partial charge in [0.1, 0.15) is 6.04 Å². The second-order valence-corrected chi connectivity index (χ2v) is 7.96. The summed E-state index contributed by atoms with van der Waals surface area (Å²) in [6.07, 6.45) is 1.22. The first-order valence-electron chi connectivity index (χ1n) is 8.62. The molecule has 150 valence electrons. The van der Waals surface area contributed by atoms with Crippen LogP contribution in [0.3, 0.4) is 0 Å². The van der Waals surface area contributed by atoms with E-state index in [2.05, 4.69) is 10.0 Å². The Morgan fingerprint density at radius 2 is 2.00 bits per heavy atom. The van der Waals surface area contributed by atoms with Crippen LogP contribution in [0.2, 0.25) is 0 Å². The first-order valence-corrected chi connectivity index (χ1v) is 10.3. The van der Waals surface area contributed by atoms with Gasteiger partial charge in [-0.2, -0.15) is 0 Å². The fraction of sp³-hybridized carbons (Fsp3) is 0.529. The Balaban J connectivity index is 1.72. The SMILES string of the molecule is CCCCS(=O)(=O)N[C@@H](C)C(=O)OCC(=O)NCc1ccc2c(c1)OCO2. The minimum atomic E-state index is -3.55. The van der Waals surface area contributed by atoms with E-state index in [-0.39, 0.29) is 19.1 Å². The number of esters is 1. The molecule has 0 unspecified atom stereocenters. The number of benzene rings is 1. The van der Waals surface area contributed by atoms with E-state index in [1.165, 1.54) is 6.92 Å². The molecule has 0 saturated carbocycles. The van der Waals surface area contributed by atoms with Gasteiger partial charge in [-0.15, -0.1) is 0 Å². The molecule has 0 fully saturated rings. The van der Waals surface area contributed by atoms with Crippen molar-refractivity contribution in [1.29, 1.82) is 0 Å². The maximum Gasteiger partial charge on any atom is 0.324 e. The third kappa shape index (κ3) is 6.72. The number of ether oxygens (including phenoxy) is 3. The van der Waals surface area contributed by atoms with Crippen molar-refractivity contribution in [3.8, 4) is 11.5 Å². The van der Waals surface area contributed by atoms with Crippen LogP contribution in [0, 0.1) is 0 Å². The molecule has 0 aliphatic carbocycles. The smallest absolute Gasteiger partial charge is 0.324 e. The summed E-state index contributed by atoms with van der Waals surface area (Å²) in [5.74, 6) is -0.112. The number of carbonyl (C=O) groups is 2. The maximum atomic E-state index is 11.8. The Morgan fingerprint density at radius 3 is 2.74 bits per heavy atom. The number of amides is 1. The number of nitrogens with one attached hydrogen (secondary N) is 2. The average Bonchev–Trinajstić information content (AvgIpc) is 3.10. The van der Waals surface area contributed by atoms with Crippen LogP contribution in [-0.2, 0) is 30.9 Å². The Bertz CT molecular complexity index is 779. The predicted molar refractivity (Wildman–Crippen MR) is 96.7 cm³/mol. The zero-order chi connectivity index (χ0) is 19.9. The molecule has 1 atom stereocenters. The average molecular weight is 400 g/mol. The Kier molecular flexibility index (Phi) is 7.43. The van der Waals surface area contributed by atoms with Crippen molar-refractivity contribution >= 4 is 21.9 Å². The van der Waals surface area contributed by atoms with Crippen molar-refractivity contribution in [3.63, 3.8) is 0 Å². The highest BCUT2D eigenvalue weighted by Gasteiger charge is 2.22. The lowest BCUT2D eigenvalue weighted by Crippen LogP contribution is -2.41. The van der Waals surface area contributed by atoms with Gasteiger partial charge < -0.3 is 19.5 Å². The predicted octanol–water partition coefficient (Wildman–Crippen LogP) is 0.683. The van der Waals surface area contributed by atoms with Crippen molar-refractivity contribution in [2.75, 3.05) is 19.2 Å². The Hall–Kier alpha value is -2.33. The van der Waals surface area contributed by atoms with Crippen LogP contribution in [0.4, 0.5) is 0 Å². The summed E-state index contributed by atoms with van der Waals surface area (Å²) in [7, 11) is -3.55. The lowest BCUT2D eigenvalue weighted by Gasteiger charge is -2.13. The normalized spacial score (nSPS) is 13.9. The van der Waals surface area contributed by atoms with Gasteiger partial charge >= 0.3 is 5.97 Å². The van der Waals surface area contributed by atoms with Crippen molar-refractivity contribution < 1.29 is 32.2 Å². The van der Waals surface area contributed by atoms with Gasteiger partial charge in [0, 0.05) is 6.54 Å². The molecule has 10 heteroatoms. The van der Waals surface area contributed by atoms with Gasteiger partial charge in [-0.3, -0.25) is 9.59 Å². The number of carbonyl (C=O) groups excluding carboxylic acids is 2. The fourth-order valence-electron chi connectivity index (χ4n) is 2.27. The van der Waals surface area contributed by atoms with Gasteiger partial charge in [-0.1, -0.05) is 19.4 Å². The summed E-state index contributed by atoms with van der Waals surface area (Å²) in [5.41, 5.74) is 0.802. The highest BCUT2D eigenvalue weighted by atomic mass is 32.2. The molecule has 0 spiro atoms. The molecule has 9 nitrogen and oxygen atoms in total. The molecule has 1 heterocycles. The minimum absolute atomic E-state index is 0.0584.